The summed E-state index contributed by atoms with van der Waals surface area (Å²) >= 11 is 12.8. The number of aryl methyl sites for hydroxylation is 1. The Morgan fingerprint density at radius 3 is 2.09 bits per heavy atom. The third-order valence-corrected chi connectivity index (χ3v) is 6.09. The smallest absolute Gasteiger partial charge is 0.242 e. The average Bonchev–Trinajstić information content (AvgIpc) is 2.79. The molecule has 32 heavy (non-hydrogen) atoms. The zero-order valence-corrected chi connectivity index (χ0v) is 19.7. The van der Waals surface area contributed by atoms with Crippen LogP contribution >= 0.6 is 23.2 Å². The molecule has 0 saturated carbocycles. The summed E-state index contributed by atoms with van der Waals surface area (Å²) in [6, 6.07) is 22.0. The van der Waals surface area contributed by atoms with Gasteiger partial charge >= 0.3 is 0 Å². The number of halogens is 2. The van der Waals surface area contributed by atoms with E-state index in [1.807, 2.05) is 61.5 Å². The second kappa shape index (κ2) is 11.2. The largest absolute Gasteiger partial charge is 0.357 e. The fourth-order valence-electron chi connectivity index (χ4n) is 3.56. The van der Waals surface area contributed by atoms with Gasteiger partial charge < -0.3 is 10.2 Å². The van der Waals surface area contributed by atoms with Crippen molar-refractivity contribution in [1.29, 1.82) is 0 Å². The molecule has 0 radical (unpaired) electrons. The summed E-state index contributed by atoms with van der Waals surface area (Å²) in [6.07, 6.45) is 0.548. The van der Waals surface area contributed by atoms with Crippen LogP contribution in [0.1, 0.15) is 22.3 Å². The molecule has 0 aromatic heterocycles. The molecule has 4 nitrogen and oxygen atoms in total. The highest BCUT2D eigenvalue weighted by Gasteiger charge is 2.30. The summed E-state index contributed by atoms with van der Waals surface area (Å²) in [6.45, 7) is 2.13. The Labute approximate surface area is 199 Å². The van der Waals surface area contributed by atoms with E-state index in [0.29, 0.717) is 22.0 Å². The molecule has 1 atom stereocenters. The van der Waals surface area contributed by atoms with Gasteiger partial charge in [-0.25, -0.2) is 0 Å². The lowest BCUT2D eigenvalue weighted by Gasteiger charge is -2.32. The molecule has 0 aliphatic carbocycles. The quantitative estimate of drug-likeness (QED) is 0.491. The number of carbonyl (C=O) groups excluding carboxylic acids is 2. The van der Waals surface area contributed by atoms with Gasteiger partial charge in [0.15, 0.2) is 0 Å². The fourth-order valence-corrected chi connectivity index (χ4v) is 4.07. The van der Waals surface area contributed by atoms with Crippen LogP contribution in [0.5, 0.6) is 0 Å². The molecule has 0 aliphatic rings. The van der Waals surface area contributed by atoms with Gasteiger partial charge in [0.25, 0.3) is 0 Å². The van der Waals surface area contributed by atoms with Crippen LogP contribution in [0.3, 0.4) is 0 Å². The zero-order valence-electron chi connectivity index (χ0n) is 18.1. The van der Waals surface area contributed by atoms with Gasteiger partial charge in [0, 0.05) is 35.6 Å². The molecule has 0 aliphatic heterocycles. The second-order valence-electron chi connectivity index (χ2n) is 7.70. The lowest BCUT2D eigenvalue weighted by atomic mass is 10.0. The molecule has 0 saturated heterocycles. The van der Waals surface area contributed by atoms with Crippen molar-refractivity contribution in [2.45, 2.75) is 32.4 Å². The lowest BCUT2D eigenvalue weighted by Crippen LogP contribution is -2.50. The van der Waals surface area contributed by atoms with E-state index in [0.717, 1.165) is 16.7 Å². The predicted molar refractivity (Wildman–Crippen MR) is 130 cm³/mol. The number of rotatable bonds is 8. The summed E-state index contributed by atoms with van der Waals surface area (Å²) < 4.78 is 0. The number of nitrogens with one attached hydrogen (secondary N) is 1. The Balaban J connectivity index is 1.98. The van der Waals surface area contributed by atoms with Crippen molar-refractivity contribution in [3.05, 3.63) is 105 Å². The molecule has 3 aromatic carbocycles. The van der Waals surface area contributed by atoms with E-state index in [1.54, 1.807) is 30.1 Å². The molecule has 0 heterocycles. The highest BCUT2D eigenvalue weighted by molar-refractivity contribution is 6.36. The first-order chi connectivity index (χ1) is 15.4. The summed E-state index contributed by atoms with van der Waals surface area (Å²) in [5.74, 6) is -0.413. The van der Waals surface area contributed by atoms with Crippen LogP contribution in [0.4, 0.5) is 0 Å². The first-order valence-electron chi connectivity index (χ1n) is 10.4. The Kier molecular flexibility index (Phi) is 8.32. The summed E-state index contributed by atoms with van der Waals surface area (Å²) in [5, 5.41) is 3.63. The molecule has 0 unspecified atom stereocenters. The van der Waals surface area contributed by atoms with E-state index in [2.05, 4.69) is 5.32 Å². The number of benzene rings is 3. The van der Waals surface area contributed by atoms with Gasteiger partial charge in [-0.1, -0.05) is 89.4 Å². The molecule has 3 aromatic rings. The molecule has 0 bridgehead atoms. The maximum absolute atomic E-state index is 13.5. The van der Waals surface area contributed by atoms with Crippen LogP contribution in [-0.2, 0) is 29.0 Å². The van der Waals surface area contributed by atoms with Gasteiger partial charge in [-0.15, -0.1) is 0 Å². The maximum atomic E-state index is 13.5. The Morgan fingerprint density at radius 2 is 1.50 bits per heavy atom. The molecule has 1 N–H and O–H groups in total. The normalized spacial score (nSPS) is 11.6. The molecule has 0 fully saturated rings. The van der Waals surface area contributed by atoms with Gasteiger partial charge in [-0.2, -0.15) is 0 Å². The third-order valence-electron chi connectivity index (χ3n) is 5.38. The number of likely N-dealkylation sites (N-methyl/N-ethyl adjacent to an activating group) is 1. The minimum absolute atomic E-state index is 0.133. The molecule has 3 rings (SSSR count). The van der Waals surface area contributed by atoms with Gasteiger partial charge in [-0.3, -0.25) is 9.59 Å². The van der Waals surface area contributed by atoms with E-state index in [1.165, 1.54) is 0 Å². The van der Waals surface area contributed by atoms with E-state index < -0.39 is 6.04 Å². The molecule has 166 valence electrons. The van der Waals surface area contributed by atoms with Crippen molar-refractivity contribution in [2.75, 3.05) is 7.05 Å². The predicted octanol–water partition coefficient (Wildman–Crippen LogP) is 5.23. The fraction of sp³-hybridized carbons (Fsp3) is 0.231. The molecule has 6 heteroatoms. The van der Waals surface area contributed by atoms with Crippen molar-refractivity contribution in [2.24, 2.45) is 0 Å². The highest BCUT2D eigenvalue weighted by atomic mass is 35.5. The number of carbonyl (C=O) groups is 2. The number of nitrogens with zero attached hydrogens (tertiary/aromatic N) is 1. The number of hydrogen-bond donors (Lipinski definition) is 1. The first-order valence-corrected chi connectivity index (χ1v) is 11.2. The SMILES string of the molecule is CNC(=O)[C@@H](Cc1ccccc1)N(Cc1c(Cl)cccc1Cl)C(=O)Cc1ccc(C)cc1. The van der Waals surface area contributed by atoms with E-state index in [-0.39, 0.29) is 24.8 Å². The second-order valence-corrected chi connectivity index (χ2v) is 8.52. The Morgan fingerprint density at radius 1 is 0.875 bits per heavy atom. The van der Waals surface area contributed by atoms with Crippen LogP contribution in [0, 0.1) is 6.92 Å². The Hall–Kier alpha value is -2.82. The third kappa shape index (κ3) is 6.12. The molecule has 0 spiro atoms. The molecular weight excluding hydrogens is 443 g/mol. The van der Waals surface area contributed by atoms with E-state index in [4.69, 9.17) is 23.2 Å². The first kappa shape index (κ1) is 23.8. The van der Waals surface area contributed by atoms with Gasteiger partial charge in [-0.05, 0) is 30.2 Å². The van der Waals surface area contributed by atoms with Crippen LogP contribution in [0.15, 0.2) is 72.8 Å². The van der Waals surface area contributed by atoms with Crippen LogP contribution in [0.25, 0.3) is 0 Å². The monoisotopic (exact) mass is 468 g/mol. The minimum atomic E-state index is -0.715. The highest BCUT2D eigenvalue weighted by Crippen LogP contribution is 2.27. The summed E-state index contributed by atoms with van der Waals surface area (Å²) in [5.41, 5.74) is 3.58. The van der Waals surface area contributed by atoms with E-state index >= 15 is 0 Å². The maximum Gasteiger partial charge on any atom is 0.242 e. The molecule has 2 amide bonds. The van der Waals surface area contributed by atoms with Crippen LogP contribution in [-0.4, -0.2) is 29.8 Å². The number of amides is 2. The van der Waals surface area contributed by atoms with Gasteiger partial charge in [0.1, 0.15) is 6.04 Å². The summed E-state index contributed by atoms with van der Waals surface area (Å²) in [7, 11) is 1.57. The van der Waals surface area contributed by atoms with Crippen molar-refractivity contribution in [3.63, 3.8) is 0 Å². The van der Waals surface area contributed by atoms with E-state index in [9.17, 15) is 9.59 Å². The van der Waals surface area contributed by atoms with Crippen molar-refractivity contribution in [3.8, 4) is 0 Å². The Bertz CT molecular complexity index is 1050. The minimum Gasteiger partial charge on any atom is -0.357 e. The molecular formula is C26H26Cl2N2O2. The topological polar surface area (TPSA) is 49.4 Å². The van der Waals surface area contributed by atoms with Crippen molar-refractivity contribution < 1.29 is 9.59 Å². The standard InChI is InChI=1S/C26H26Cl2N2O2/c1-18-11-13-20(14-12-18)16-25(31)30(17-21-22(27)9-6-10-23(21)28)24(26(32)29-2)15-19-7-4-3-5-8-19/h3-14,24H,15-17H2,1-2H3,(H,29,32)/t24-/m1/s1. The number of hydrogen-bond acceptors (Lipinski definition) is 2. The van der Waals surface area contributed by atoms with Crippen LogP contribution in [0.2, 0.25) is 10.0 Å². The zero-order chi connectivity index (χ0) is 23.1. The van der Waals surface area contributed by atoms with Crippen molar-refractivity contribution in [1.82, 2.24) is 10.2 Å². The lowest BCUT2D eigenvalue weighted by molar-refractivity contribution is -0.140. The van der Waals surface area contributed by atoms with Gasteiger partial charge in [0.05, 0.1) is 6.42 Å². The van der Waals surface area contributed by atoms with Gasteiger partial charge in [0.2, 0.25) is 11.8 Å². The van der Waals surface area contributed by atoms with Crippen LogP contribution < -0.4 is 5.32 Å². The average molecular weight is 469 g/mol. The van der Waals surface area contributed by atoms with Crippen molar-refractivity contribution >= 4 is 35.0 Å². The summed E-state index contributed by atoms with van der Waals surface area (Å²) in [4.78, 5) is 28.1.